The predicted molar refractivity (Wildman–Crippen MR) is 119 cm³/mol. The second-order valence-corrected chi connectivity index (χ2v) is 8.22. The molecule has 0 radical (unpaired) electrons. The Bertz CT molecular complexity index is 1220. The number of piperazine rings is 1. The molecule has 2 saturated heterocycles. The highest BCUT2D eigenvalue weighted by atomic mass is 19.1. The van der Waals surface area contributed by atoms with E-state index in [1.165, 1.54) is 6.92 Å². The molecule has 2 fully saturated rings. The number of rotatable bonds is 5. The lowest BCUT2D eigenvalue weighted by Crippen LogP contribution is -2.47. The summed E-state index contributed by atoms with van der Waals surface area (Å²) in [6, 6.07) is 7.87. The van der Waals surface area contributed by atoms with Gasteiger partial charge in [0.2, 0.25) is 5.91 Å². The van der Waals surface area contributed by atoms with E-state index in [1.807, 2.05) is 18.2 Å². The molecule has 3 heterocycles. The van der Waals surface area contributed by atoms with Crippen LogP contribution in [-0.2, 0) is 9.53 Å². The third kappa shape index (κ3) is 4.18. The number of amides is 2. The number of anilines is 3. The SMILES string of the molecule is CC(=O)NC[C@H]1CN(c2cc(F)c(N3CCN(c4ccc5nonc5c4)CC3)c(F)c2)C(=O)O1. The number of aromatic nitrogens is 2. The molecule has 2 aromatic carbocycles. The van der Waals surface area contributed by atoms with Crippen LogP contribution in [0.1, 0.15) is 6.92 Å². The normalized spacial score (nSPS) is 18.5. The van der Waals surface area contributed by atoms with Crippen molar-refractivity contribution in [1.82, 2.24) is 15.6 Å². The van der Waals surface area contributed by atoms with Gasteiger partial charge >= 0.3 is 6.09 Å². The molecule has 0 spiro atoms. The van der Waals surface area contributed by atoms with Crippen LogP contribution in [0.4, 0.5) is 30.6 Å². The predicted octanol–water partition coefficient (Wildman–Crippen LogP) is 2.29. The number of nitrogens with one attached hydrogen (secondary N) is 1. The standard InChI is InChI=1S/C22H22F2N6O4/c1-13(31)25-11-16-12-30(22(32)33-16)15-8-17(23)21(18(24)9-15)29-6-4-28(5-7-29)14-2-3-19-20(10-14)27-34-26-19/h2-3,8-10,16H,4-7,11-12H2,1H3,(H,25,31)/t16-/m0/s1. The Morgan fingerprint density at radius 1 is 1.03 bits per heavy atom. The minimum Gasteiger partial charge on any atom is -0.442 e. The van der Waals surface area contributed by atoms with E-state index in [9.17, 15) is 9.59 Å². The summed E-state index contributed by atoms with van der Waals surface area (Å²) in [5, 5.41) is 10.2. The number of cyclic esters (lactones) is 1. The van der Waals surface area contributed by atoms with E-state index in [4.69, 9.17) is 9.37 Å². The quantitative estimate of drug-likeness (QED) is 0.603. The maximum atomic E-state index is 15.0. The van der Waals surface area contributed by atoms with Crippen LogP contribution in [0.5, 0.6) is 0 Å². The second-order valence-electron chi connectivity index (χ2n) is 8.22. The van der Waals surface area contributed by atoms with Crippen molar-refractivity contribution in [3.8, 4) is 0 Å². The van der Waals surface area contributed by atoms with Crippen molar-refractivity contribution in [3.63, 3.8) is 0 Å². The molecule has 5 rings (SSSR count). The molecule has 2 aliphatic heterocycles. The summed E-state index contributed by atoms with van der Waals surface area (Å²) in [5.74, 6) is -1.76. The summed E-state index contributed by atoms with van der Waals surface area (Å²) in [6.07, 6.45) is -1.31. The van der Waals surface area contributed by atoms with E-state index in [2.05, 4.69) is 20.5 Å². The van der Waals surface area contributed by atoms with Gasteiger partial charge in [0.05, 0.1) is 18.8 Å². The highest BCUT2D eigenvalue weighted by Crippen LogP contribution is 2.32. The van der Waals surface area contributed by atoms with Crippen LogP contribution < -0.4 is 20.0 Å². The lowest BCUT2D eigenvalue weighted by molar-refractivity contribution is -0.119. The summed E-state index contributed by atoms with van der Waals surface area (Å²) >= 11 is 0. The molecular formula is C22H22F2N6O4. The number of carbonyl (C=O) groups excluding carboxylic acids is 2. The van der Waals surface area contributed by atoms with Crippen molar-refractivity contribution in [2.45, 2.75) is 13.0 Å². The molecule has 0 saturated carbocycles. The van der Waals surface area contributed by atoms with E-state index in [0.29, 0.717) is 37.2 Å². The fraction of sp³-hybridized carbons (Fsp3) is 0.364. The lowest BCUT2D eigenvalue weighted by Gasteiger charge is -2.37. The number of hydrogen-bond donors (Lipinski definition) is 1. The Hall–Kier alpha value is -3.96. The zero-order valence-corrected chi connectivity index (χ0v) is 18.3. The van der Waals surface area contributed by atoms with Crippen LogP contribution in [0.3, 0.4) is 0 Å². The van der Waals surface area contributed by atoms with Crippen molar-refractivity contribution in [3.05, 3.63) is 42.0 Å². The van der Waals surface area contributed by atoms with Gasteiger partial charge in [-0.2, -0.15) is 0 Å². The second kappa shape index (κ2) is 8.76. The third-order valence-electron chi connectivity index (χ3n) is 5.96. The highest BCUT2D eigenvalue weighted by molar-refractivity contribution is 5.90. The van der Waals surface area contributed by atoms with Gasteiger partial charge in [-0.05, 0) is 28.5 Å². The van der Waals surface area contributed by atoms with Gasteiger partial charge in [0.1, 0.15) is 22.8 Å². The molecule has 12 heteroatoms. The maximum Gasteiger partial charge on any atom is 0.414 e. The molecule has 0 bridgehead atoms. The van der Waals surface area contributed by atoms with Gasteiger partial charge in [-0.1, -0.05) is 0 Å². The first-order chi connectivity index (χ1) is 16.4. The Morgan fingerprint density at radius 2 is 1.71 bits per heavy atom. The summed E-state index contributed by atoms with van der Waals surface area (Å²) in [7, 11) is 0. The molecule has 1 aromatic heterocycles. The lowest BCUT2D eigenvalue weighted by atomic mass is 10.1. The molecule has 2 amide bonds. The molecule has 3 aromatic rings. The average molecular weight is 472 g/mol. The molecule has 1 N–H and O–H groups in total. The zero-order chi connectivity index (χ0) is 23.8. The first-order valence-electron chi connectivity index (χ1n) is 10.8. The van der Waals surface area contributed by atoms with Crippen LogP contribution in [0, 0.1) is 11.6 Å². The first-order valence-corrected chi connectivity index (χ1v) is 10.8. The number of benzene rings is 2. The molecule has 10 nitrogen and oxygen atoms in total. The van der Waals surface area contributed by atoms with Gasteiger partial charge < -0.3 is 19.9 Å². The van der Waals surface area contributed by atoms with Gasteiger partial charge in [-0.15, -0.1) is 0 Å². The molecule has 0 aliphatic carbocycles. The number of nitrogens with zero attached hydrogens (tertiary/aromatic N) is 5. The van der Waals surface area contributed by atoms with Gasteiger partial charge in [0.25, 0.3) is 0 Å². The van der Waals surface area contributed by atoms with Crippen molar-refractivity contribution in [2.75, 3.05) is 54.0 Å². The number of ether oxygens (including phenoxy) is 1. The van der Waals surface area contributed by atoms with Crippen LogP contribution in [0.2, 0.25) is 0 Å². The average Bonchev–Trinajstić information content (AvgIpc) is 3.43. The highest BCUT2D eigenvalue weighted by Gasteiger charge is 2.34. The number of carbonyl (C=O) groups is 2. The molecule has 178 valence electrons. The Labute approximate surface area is 193 Å². The largest absolute Gasteiger partial charge is 0.442 e. The van der Waals surface area contributed by atoms with Crippen molar-refractivity contribution >= 4 is 40.1 Å². The van der Waals surface area contributed by atoms with Crippen molar-refractivity contribution < 1.29 is 27.7 Å². The monoisotopic (exact) mass is 472 g/mol. The van der Waals surface area contributed by atoms with Crippen LogP contribution in [0.15, 0.2) is 35.0 Å². The fourth-order valence-corrected chi connectivity index (χ4v) is 4.26. The van der Waals surface area contributed by atoms with Crippen molar-refractivity contribution in [2.24, 2.45) is 0 Å². The zero-order valence-electron chi connectivity index (χ0n) is 18.3. The minimum absolute atomic E-state index is 0.0715. The topological polar surface area (TPSA) is 104 Å². The Morgan fingerprint density at radius 3 is 2.41 bits per heavy atom. The van der Waals surface area contributed by atoms with E-state index in [0.717, 1.165) is 22.7 Å². The summed E-state index contributed by atoms with van der Waals surface area (Å²) in [6.45, 7) is 3.50. The molecule has 0 unspecified atom stereocenters. The molecule has 1 atom stereocenters. The van der Waals surface area contributed by atoms with E-state index < -0.39 is 23.8 Å². The van der Waals surface area contributed by atoms with Gasteiger partial charge in [-0.25, -0.2) is 18.2 Å². The minimum atomic E-state index is -0.753. The van der Waals surface area contributed by atoms with Crippen molar-refractivity contribution in [1.29, 1.82) is 0 Å². The first kappa shape index (κ1) is 21.9. The van der Waals surface area contributed by atoms with Gasteiger partial charge in [0.15, 0.2) is 11.6 Å². The van der Waals surface area contributed by atoms with Crippen LogP contribution in [0.25, 0.3) is 11.0 Å². The summed E-state index contributed by atoms with van der Waals surface area (Å²) in [4.78, 5) is 28.2. The Kier molecular flexibility index (Phi) is 5.64. The van der Waals surface area contributed by atoms with Crippen LogP contribution in [-0.4, -0.2) is 67.7 Å². The number of fused-ring (bicyclic) bond motifs is 1. The van der Waals surface area contributed by atoms with Gasteiger partial charge in [0, 0.05) is 50.9 Å². The smallest absolute Gasteiger partial charge is 0.414 e. The third-order valence-corrected chi connectivity index (χ3v) is 5.96. The number of halogens is 2. The summed E-state index contributed by atoms with van der Waals surface area (Å²) in [5.41, 5.74) is 2.19. The van der Waals surface area contributed by atoms with E-state index >= 15 is 8.78 Å². The fourth-order valence-electron chi connectivity index (χ4n) is 4.26. The summed E-state index contributed by atoms with van der Waals surface area (Å²) < 4.78 is 40.0. The van der Waals surface area contributed by atoms with E-state index in [1.54, 1.807) is 4.90 Å². The Balaban J connectivity index is 1.27. The molecule has 2 aliphatic rings. The number of hydrogen-bond acceptors (Lipinski definition) is 8. The van der Waals surface area contributed by atoms with Crippen LogP contribution >= 0.6 is 0 Å². The maximum absolute atomic E-state index is 15.0. The van der Waals surface area contributed by atoms with E-state index in [-0.39, 0.29) is 30.4 Å². The van der Waals surface area contributed by atoms with Gasteiger partial charge in [-0.3, -0.25) is 9.69 Å². The molecule has 34 heavy (non-hydrogen) atoms. The molecular weight excluding hydrogens is 450 g/mol.